The summed E-state index contributed by atoms with van der Waals surface area (Å²) < 4.78 is 29.2. The number of amides is 1. The zero-order valence-electron chi connectivity index (χ0n) is 12.9. The van der Waals surface area contributed by atoms with Crippen LogP contribution in [-0.4, -0.2) is 10.5 Å². The summed E-state index contributed by atoms with van der Waals surface area (Å²) in [5.74, 6) is 0.449. The van der Waals surface area contributed by atoms with Crippen molar-refractivity contribution in [2.75, 3.05) is 0 Å². The SMILES string of the molecule is C#CCn1c(=NC(=O)/C=C/c2ccccc2)sc2cc(F)cc(F)c21. The molecular formula is C19H12F2N2OS. The number of halogens is 2. The van der Waals surface area contributed by atoms with Crippen LogP contribution in [0.2, 0.25) is 0 Å². The number of benzene rings is 2. The van der Waals surface area contributed by atoms with Crippen LogP contribution in [0.25, 0.3) is 16.3 Å². The minimum atomic E-state index is -0.741. The molecular weight excluding hydrogens is 342 g/mol. The molecule has 3 aromatic rings. The Morgan fingerprint density at radius 1 is 1.28 bits per heavy atom. The molecule has 2 aromatic carbocycles. The Labute approximate surface area is 146 Å². The lowest BCUT2D eigenvalue weighted by Gasteiger charge is -2.00. The fraction of sp³-hybridized carbons (Fsp3) is 0.0526. The second kappa shape index (κ2) is 7.24. The van der Waals surface area contributed by atoms with Gasteiger partial charge >= 0.3 is 0 Å². The average molecular weight is 354 g/mol. The van der Waals surface area contributed by atoms with Crippen molar-refractivity contribution in [2.45, 2.75) is 6.54 Å². The molecule has 0 aliphatic heterocycles. The van der Waals surface area contributed by atoms with E-state index >= 15 is 0 Å². The first-order valence-electron chi connectivity index (χ1n) is 7.32. The molecule has 0 radical (unpaired) electrons. The lowest BCUT2D eigenvalue weighted by Crippen LogP contribution is -2.16. The van der Waals surface area contributed by atoms with E-state index in [-0.39, 0.29) is 16.9 Å². The number of hydrogen-bond donors (Lipinski definition) is 0. The number of carbonyl (C=O) groups excluding carboxylic acids is 1. The van der Waals surface area contributed by atoms with E-state index in [4.69, 9.17) is 6.42 Å². The lowest BCUT2D eigenvalue weighted by atomic mass is 10.2. The standard InChI is InChI=1S/C19H12F2N2OS/c1-2-10-23-18-15(21)11-14(20)12-16(18)25-19(23)22-17(24)9-8-13-6-4-3-5-7-13/h1,3-9,11-12H,10H2/b9-8+,22-19?. The van der Waals surface area contributed by atoms with Crippen LogP contribution in [-0.2, 0) is 11.3 Å². The monoisotopic (exact) mass is 354 g/mol. The van der Waals surface area contributed by atoms with Gasteiger partial charge in [-0.15, -0.1) is 6.42 Å². The molecule has 6 heteroatoms. The van der Waals surface area contributed by atoms with Gasteiger partial charge in [-0.1, -0.05) is 47.6 Å². The van der Waals surface area contributed by atoms with Gasteiger partial charge in [0.05, 0.1) is 16.8 Å². The average Bonchev–Trinajstić information content (AvgIpc) is 2.91. The molecule has 0 aliphatic carbocycles. The summed E-state index contributed by atoms with van der Waals surface area (Å²) in [6.07, 6.45) is 8.27. The number of fused-ring (bicyclic) bond motifs is 1. The highest BCUT2D eigenvalue weighted by molar-refractivity contribution is 7.16. The van der Waals surface area contributed by atoms with Crippen molar-refractivity contribution < 1.29 is 13.6 Å². The number of terminal acetylenes is 1. The lowest BCUT2D eigenvalue weighted by molar-refractivity contribution is -0.113. The number of nitrogens with zero attached hydrogens (tertiary/aromatic N) is 2. The number of hydrogen-bond acceptors (Lipinski definition) is 2. The smallest absolute Gasteiger partial charge is 0.272 e. The number of thiazole rings is 1. The molecule has 0 fully saturated rings. The molecule has 0 saturated heterocycles. The Morgan fingerprint density at radius 3 is 2.76 bits per heavy atom. The van der Waals surface area contributed by atoms with Gasteiger partial charge in [-0.2, -0.15) is 4.99 Å². The van der Waals surface area contributed by atoms with E-state index in [1.807, 2.05) is 30.3 Å². The molecule has 0 aliphatic rings. The van der Waals surface area contributed by atoms with Gasteiger partial charge in [0.15, 0.2) is 10.6 Å². The van der Waals surface area contributed by atoms with Crippen LogP contribution in [0.4, 0.5) is 8.78 Å². The van der Waals surface area contributed by atoms with Crippen molar-refractivity contribution in [3.05, 3.63) is 70.5 Å². The maximum Gasteiger partial charge on any atom is 0.272 e. The Bertz CT molecular complexity index is 1070. The van der Waals surface area contributed by atoms with E-state index in [0.717, 1.165) is 23.0 Å². The molecule has 1 amide bonds. The van der Waals surface area contributed by atoms with E-state index in [1.54, 1.807) is 6.08 Å². The highest BCUT2D eigenvalue weighted by Crippen LogP contribution is 2.22. The fourth-order valence-corrected chi connectivity index (χ4v) is 3.39. The summed E-state index contributed by atoms with van der Waals surface area (Å²) in [6.45, 7) is 0.0249. The third-order valence-electron chi connectivity index (χ3n) is 3.37. The highest BCUT2D eigenvalue weighted by Gasteiger charge is 2.12. The molecule has 1 aromatic heterocycles. The van der Waals surface area contributed by atoms with Gasteiger partial charge in [-0.05, 0) is 17.7 Å². The normalized spacial score (nSPS) is 12.0. The van der Waals surface area contributed by atoms with Gasteiger partial charge in [0.2, 0.25) is 0 Å². The van der Waals surface area contributed by atoms with Gasteiger partial charge in [0.25, 0.3) is 5.91 Å². The Hall–Kier alpha value is -3.04. The Morgan fingerprint density at radius 2 is 2.04 bits per heavy atom. The third-order valence-corrected chi connectivity index (χ3v) is 4.39. The first-order chi connectivity index (χ1) is 12.1. The van der Waals surface area contributed by atoms with Crippen LogP contribution in [0, 0.1) is 24.0 Å². The molecule has 3 nitrogen and oxygen atoms in total. The van der Waals surface area contributed by atoms with Gasteiger partial charge < -0.3 is 4.57 Å². The predicted octanol–water partition coefficient (Wildman–Crippen LogP) is 3.75. The first kappa shape index (κ1) is 16.8. The molecule has 0 atom stereocenters. The van der Waals surface area contributed by atoms with Crippen LogP contribution in [0.5, 0.6) is 0 Å². The van der Waals surface area contributed by atoms with E-state index in [9.17, 15) is 13.6 Å². The van der Waals surface area contributed by atoms with Gasteiger partial charge in [0.1, 0.15) is 5.82 Å². The van der Waals surface area contributed by atoms with Crippen molar-refractivity contribution in [3.63, 3.8) is 0 Å². The summed E-state index contributed by atoms with van der Waals surface area (Å²) in [4.78, 5) is 16.3. The maximum atomic E-state index is 14.1. The second-order valence-corrected chi connectivity index (χ2v) is 6.11. The van der Waals surface area contributed by atoms with Crippen molar-refractivity contribution in [1.82, 2.24) is 4.57 Å². The van der Waals surface area contributed by atoms with E-state index in [0.29, 0.717) is 4.70 Å². The molecule has 0 spiro atoms. The maximum absolute atomic E-state index is 14.1. The van der Waals surface area contributed by atoms with Crippen LogP contribution in [0.15, 0.2) is 53.5 Å². The topological polar surface area (TPSA) is 34.4 Å². The minimum absolute atomic E-state index is 0.0249. The molecule has 0 bridgehead atoms. The molecule has 0 unspecified atom stereocenters. The minimum Gasteiger partial charge on any atom is -0.302 e. The highest BCUT2D eigenvalue weighted by atomic mass is 32.1. The molecule has 25 heavy (non-hydrogen) atoms. The number of carbonyl (C=O) groups is 1. The van der Waals surface area contributed by atoms with Crippen LogP contribution in [0.1, 0.15) is 5.56 Å². The van der Waals surface area contributed by atoms with Gasteiger partial charge in [-0.25, -0.2) is 8.78 Å². The quantitative estimate of drug-likeness (QED) is 0.521. The number of aromatic nitrogens is 1. The zero-order valence-corrected chi connectivity index (χ0v) is 13.8. The molecule has 124 valence electrons. The summed E-state index contributed by atoms with van der Waals surface area (Å²) in [5, 5.41) is 0. The van der Waals surface area contributed by atoms with Gasteiger partial charge in [0, 0.05) is 12.1 Å². The van der Waals surface area contributed by atoms with E-state index < -0.39 is 17.5 Å². The van der Waals surface area contributed by atoms with Crippen LogP contribution < -0.4 is 4.80 Å². The summed E-state index contributed by atoms with van der Waals surface area (Å²) in [5.41, 5.74) is 0.995. The molecule has 0 saturated carbocycles. The zero-order chi connectivity index (χ0) is 17.8. The summed E-state index contributed by atoms with van der Waals surface area (Å²) in [7, 11) is 0. The molecule has 0 N–H and O–H groups in total. The number of rotatable bonds is 3. The summed E-state index contributed by atoms with van der Waals surface area (Å²) in [6, 6.07) is 11.2. The fourth-order valence-electron chi connectivity index (χ4n) is 2.32. The molecule has 1 heterocycles. The van der Waals surface area contributed by atoms with Crippen LogP contribution in [0.3, 0.4) is 0 Å². The van der Waals surface area contributed by atoms with Gasteiger partial charge in [-0.3, -0.25) is 4.79 Å². The largest absolute Gasteiger partial charge is 0.302 e. The van der Waals surface area contributed by atoms with Crippen molar-refractivity contribution in [1.29, 1.82) is 0 Å². The van der Waals surface area contributed by atoms with E-state index in [1.165, 1.54) is 16.7 Å². The summed E-state index contributed by atoms with van der Waals surface area (Å²) >= 11 is 1.01. The second-order valence-electron chi connectivity index (χ2n) is 5.10. The van der Waals surface area contributed by atoms with E-state index in [2.05, 4.69) is 10.9 Å². The third kappa shape index (κ3) is 3.73. The van der Waals surface area contributed by atoms with Crippen molar-refractivity contribution >= 4 is 33.5 Å². The Balaban J connectivity index is 2.05. The van der Waals surface area contributed by atoms with Crippen molar-refractivity contribution in [2.24, 2.45) is 4.99 Å². The predicted molar refractivity (Wildman–Crippen MR) is 94.6 cm³/mol. The molecule has 3 rings (SSSR count). The van der Waals surface area contributed by atoms with Crippen molar-refractivity contribution in [3.8, 4) is 12.3 Å². The Kier molecular flexibility index (Phi) is 4.87. The van der Waals surface area contributed by atoms with Crippen LogP contribution >= 0.6 is 11.3 Å². The first-order valence-corrected chi connectivity index (χ1v) is 8.14.